The number of thioether (sulfide) groups is 1. The first-order chi connectivity index (χ1) is 6.61. The van der Waals surface area contributed by atoms with Gasteiger partial charge in [0, 0.05) is 4.90 Å². The van der Waals surface area contributed by atoms with Crippen molar-refractivity contribution in [3.8, 4) is 0 Å². The summed E-state index contributed by atoms with van der Waals surface area (Å²) in [6.07, 6.45) is 1.94. The van der Waals surface area contributed by atoms with Crippen molar-refractivity contribution < 1.29 is 9.53 Å². The molecule has 78 valence electrons. The number of thiophene rings is 1. The first-order valence-corrected chi connectivity index (χ1v) is 6.25. The van der Waals surface area contributed by atoms with E-state index in [1.54, 1.807) is 18.7 Å². The lowest BCUT2D eigenvalue weighted by Crippen LogP contribution is -2.03. The third-order valence-electron chi connectivity index (χ3n) is 1.78. The summed E-state index contributed by atoms with van der Waals surface area (Å²) in [6, 6.07) is 0. The monoisotopic (exact) mass is 231 g/mol. The Balaban J connectivity index is 3.04. The molecule has 1 heterocycles. The molecule has 0 aliphatic heterocycles. The van der Waals surface area contributed by atoms with E-state index in [0.29, 0.717) is 16.5 Å². The zero-order valence-corrected chi connectivity index (χ0v) is 10.1. The molecule has 2 N–H and O–H groups in total. The van der Waals surface area contributed by atoms with Crippen molar-refractivity contribution in [3.05, 3.63) is 10.4 Å². The maximum atomic E-state index is 11.5. The van der Waals surface area contributed by atoms with Gasteiger partial charge >= 0.3 is 5.97 Å². The fourth-order valence-electron chi connectivity index (χ4n) is 1.17. The lowest BCUT2D eigenvalue weighted by atomic mass is 10.3. The molecule has 0 spiro atoms. The van der Waals surface area contributed by atoms with E-state index in [1.165, 1.54) is 11.3 Å². The van der Waals surface area contributed by atoms with Crippen LogP contribution in [0.4, 0.5) is 5.00 Å². The summed E-state index contributed by atoms with van der Waals surface area (Å²) in [5.41, 5.74) is 6.71. The van der Waals surface area contributed by atoms with Crippen LogP contribution in [0, 0.1) is 6.92 Å². The molecule has 0 aliphatic carbocycles. The average molecular weight is 231 g/mol. The minimum atomic E-state index is -0.276. The van der Waals surface area contributed by atoms with E-state index in [-0.39, 0.29) is 5.97 Å². The van der Waals surface area contributed by atoms with Crippen LogP contribution in [0.2, 0.25) is 0 Å². The molecule has 0 bridgehead atoms. The molecule has 0 aliphatic rings. The minimum absolute atomic E-state index is 0.276. The van der Waals surface area contributed by atoms with Gasteiger partial charge in [-0.15, -0.1) is 23.1 Å². The predicted molar refractivity (Wildman–Crippen MR) is 61.2 cm³/mol. The second-order valence-electron chi connectivity index (χ2n) is 2.67. The third kappa shape index (κ3) is 2.04. The van der Waals surface area contributed by atoms with Crippen molar-refractivity contribution in [1.29, 1.82) is 0 Å². The number of hydrogen-bond donors (Lipinski definition) is 1. The first kappa shape index (κ1) is 11.4. The molecule has 1 rings (SSSR count). The summed E-state index contributed by atoms with van der Waals surface area (Å²) in [4.78, 5) is 13.1. The summed E-state index contributed by atoms with van der Waals surface area (Å²) in [5, 5.41) is 0.693. The van der Waals surface area contributed by atoms with Crippen LogP contribution in [0.1, 0.15) is 22.2 Å². The minimum Gasteiger partial charge on any atom is -0.462 e. The Morgan fingerprint density at radius 3 is 2.71 bits per heavy atom. The molecule has 5 heteroatoms. The van der Waals surface area contributed by atoms with E-state index >= 15 is 0 Å². The van der Waals surface area contributed by atoms with Gasteiger partial charge in [-0.1, -0.05) is 0 Å². The number of anilines is 1. The standard InChI is InChI=1S/C9H13NO2S2/c1-4-12-9(11)7-5(2)6(13-3)8(10)14-7/h4,10H2,1-3H3. The quantitative estimate of drug-likeness (QED) is 0.641. The van der Waals surface area contributed by atoms with E-state index in [1.807, 2.05) is 13.2 Å². The van der Waals surface area contributed by atoms with Gasteiger partial charge in [0.05, 0.1) is 6.61 Å². The SMILES string of the molecule is CCOC(=O)c1sc(N)c(SC)c1C. The molecular formula is C9H13NO2S2. The normalized spacial score (nSPS) is 10.2. The van der Waals surface area contributed by atoms with Crippen LogP contribution in [-0.2, 0) is 4.74 Å². The smallest absolute Gasteiger partial charge is 0.348 e. The van der Waals surface area contributed by atoms with Gasteiger partial charge in [0.1, 0.15) is 9.88 Å². The highest BCUT2D eigenvalue weighted by Gasteiger charge is 2.18. The summed E-state index contributed by atoms with van der Waals surface area (Å²) >= 11 is 2.85. The summed E-state index contributed by atoms with van der Waals surface area (Å²) < 4.78 is 4.93. The molecule has 0 amide bonds. The van der Waals surface area contributed by atoms with Crippen LogP contribution in [-0.4, -0.2) is 18.8 Å². The van der Waals surface area contributed by atoms with Gasteiger partial charge in [-0.3, -0.25) is 0 Å². The lowest BCUT2D eigenvalue weighted by molar-refractivity contribution is 0.0531. The van der Waals surface area contributed by atoms with Crippen LogP contribution in [0.3, 0.4) is 0 Å². The Kier molecular flexibility index (Phi) is 3.83. The predicted octanol–water partition coefficient (Wildman–Crippen LogP) is 2.54. The number of hydrogen-bond acceptors (Lipinski definition) is 5. The topological polar surface area (TPSA) is 52.3 Å². The Labute approximate surface area is 91.6 Å². The number of esters is 1. The Morgan fingerprint density at radius 2 is 2.29 bits per heavy atom. The van der Waals surface area contributed by atoms with Crippen molar-refractivity contribution in [3.63, 3.8) is 0 Å². The number of nitrogens with two attached hydrogens (primary N) is 1. The van der Waals surface area contributed by atoms with Gasteiger partial charge in [-0.05, 0) is 25.7 Å². The van der Waals surface area contributed by atoms with Gasteiger partial charge in [0.2, 0.25) is 0 Å². The third-order valence-corrected chi connectivity index (χ3v) is 3.95. The van der Waals surface area contributed by atoms with Gasteiger partial charge in [0.25, 0.3) is 0 Å². The van der Waals surface area contributed by atoms with E-state index in [4.69, 9.17) is 10.5 Å². The van der Waals surface area contributed by atoms with Crippen LogP contribution in [0.5, 0.6) is 0 Å². The molecule has 0 saturated heterocycles. The Bertz CT molecular complexity index is 347. The lowest BCUT2D eigenvalue weighted by Gasteiger charge is -2.00. The largest absolute Gasteiger partial charge is 0.462 e. The molecule has 0 aromatic carbocycles. The molecule has 0 unspecified atom stereocenters. The van der Waals surface area contributed by atoms with Crippen LogP contribution in [0.25, 0.3) is 0 Å². The van der Waals surface area contributed by atoms with E-state index in [2.05, 4.69) is 0 Å². The number of carbonyl (C=O) groups excluding carboxylic acids is 1. The van der Waals surface area contributed by atoms with Gasteiger partial charge in [-0.2, -0.15) is 0 Å². The first-order valence-electron chi connectivity index (χ1n) is 4.21. The van der Waals surface area contributed by atoms with E-state index in [9.17, 15) is 4.79 Å². The Hall–Kier alpha value is -0.680. The van der Waals surface area contributed by atoms with E-state index in [0.717, 1.165) is 10.5 Å². The molecule has 0 atom stereocenters. The number of nitrogen functional groups attached to an aromatic ring is 1. The molecule has 3 nitrogen and oxygen atoms in total. The molecule has 0 radical (unpaired) electrons. The fourth-order valence-corrected chi connectivity index (χ4v) is 3.08. The van der Waals surface area contributed by atoms with Crippen molar-refractivity contribution in [2.24, 2.45) is 0 Å². The maximum Gasteiger partial charge on any atom is 0.348 e. The maximum absolute atomic E-state index is 11.5. The van der Waals surface area contributed by atoms with Gasteiger partial charge in [0.15, 0.2) is 0 Å². The number of carbonyl (C=O) groups is 1. The summed E-state index contributed by atoms with van der Waals surface area (Å²) in [5.74, 6) is -0.276. The van der Waals surface area contributed by atoms with E-state index < -0.39 is 0 Å². The fraction of sp³-hybridized carbons (Fsp3) is 0.444. The van der Waals surface area contributed by atoms with Gasteiger partial charge in [-0.25, -0.2) is 4.79 Å². The van der Waals surface area contributed by atoms with Crippen molar-refractivity contribution in [1.82, 2.24) is 0 Å². The highest BCUT2D eigenvalue weighted by atomic mass is 32.2. The number of rotatable bonds is 3. The molecule has 14 heavy (non-hydrogen) atoms. The van der Waals surface area contributed by atoms with Gasteiger partial charge < -0.3 is 10.5 Å². The molecule has 1 aromatic rings. The van der Waals surface area contributed by atoms with Crippen molar-refractivity contribution in [2.45, 2.75) is 18.7 Å². The zero-order chi connectivity index (χ0) is 10.7. The molecule has 0 fully saturated rings. The molecule has 0 saturated carbocycles. The highest BCUT2D eigenvalue weighted by molar-refractivity contribution is 7.99. The highest BCUT2D eigenvalue weighted by Crippen LogP contribution is 2.36. The molecule has 1 aromatic heterocycles. The summed E-state index contributed by atoms with van der Waals surface area (Å²) in [6.45, 7) is 4.08. The Morgan fingerprint density at radius 1 is 1.64 bits per heavy atom. The van der Waals surface area contributed by atoms with Crippen LogP contribution < -0.4 is 5.73 Å². The average Bonchev–Trinajstić information content (AvgIpc) is 2.42. The zero-order valence-electron chi connectivity index (χ0n) is 8.42. The second kappa shape index (κ2) is 4.70. The molecular weight excluding hydrogens is 218 g/mol. The van der Waals surface area contributed by atoms with Crippen molar-refractivity contribution >= 4 is 34.1 Å². The van der Waals surface area contributed by atoms with Crippen LogP contribution in [0.15, 0.2) is 4.90 Å². The van der Waals surface area contributed by atoms with Crippen LogP contribution >= 0.6 is 23.1 Å². The second-order valence-corrected chi connectivity index (χ2v) is 4.54. The van der Waals surface area contributed by atoms with Crippen molar-refractivity contribution in [2.75, 3.05) is 18.6 Å². The summed E-state index contributed by atoms with van der Waals surface area (Å²) in [7, 11) is 0. The number of ether oxygens (including phenoxy) is 1.